The van der Waals surface area contributed by atoms with Crippen molar-refractivity contribution in [3.05, 3.63) is 63.8 Å². The van der Waals surface area contributed by atoms with E-state index in [1.165, 1.54) is 11.7 Å². The summed E-state index contributed by atoms with van der Waals surface area (Å²) in [6.07, 6.45) is 3.42. The highest BCUT2D eigenvalue weighted by atomic mass is 79.9. The molecule has 0 unspecified atom stereocenters. The van der Waals surface area contributed by atoms with Crippen LogP contribution >= 0.6 is 15.9 Å². The van der Waals surface area contributed by atoms with Crippen LogP contribution in [-0.2, 0) is 4.74 Å². The highest BCUT2D eigenvalue weighted by Gasteiger charge is 2.18. The molecule has 1 heterocycles. The summed E-state index contributed by atoms with van der Waals surface area (Å²) in [6, 6.07) is 14.8. The van der Waals surface area contributed by atoms with Crippen LogP contribution in [0.1, 0.15) is 30.0 Å². The van der Waals surface area contributed by atoms with Crippen LogP contribution < -0.4 is 4.74 Å². The number of ether oxygens (including phenoxy) is 2. The number of hydrogen-bond donors (Lipinski definition) is 0. The summed E-state index contributed by atoms with van der Waals surface area (Å²) < 4.78 is 12.7. The van der Waals surface area contributed by atoms with Gasteiger partial charge in [-0.05, 0) is 54.5 Å². The molecule has 0 aliphatic rings. The summed E-state index contributed by atoms with van der Waals surface area (Å²) in [7, 11) is 1.53. The van der Waals surface area contributed by atoms with Gasteiger partial charge in [0.15, 0.2) is 0 Å². The van der Waals surface area contributed by atoms with Crippen molar-refractivity contribution in [2.24, 2.45) is 0 Å². The van der Waals surface area contributed by atoms with Crippen molar-refractivity contribution in [3.8, 4) is 17.9 Å². The van der Waals surface area contributed by atoms with Gasteiger partial charge in [-0.1, -0.05) is 22.9 Å². The fourth-order valence-electron chi connectivity index (χ4n) is 3.04. The van der Waals surface area contributed by atoms with Gasteiger partial charge in [-0.25, -0.2) is 4.79 Å². The Hall–Kier alpha value is -3.55. The summed E-state index contributed by atoms with van der Waals surface area (Å²) in [5.74, 6) is 0.575. The Morgan fingerprint density at radius 1 is 1.23 bits per heavy atom. The van der Waals surface area contributed by atoms with Gasteiger partial charge in [0.25, 0.3) is 0 Å². The second kappa shape index (κ2) is 9.30. The van der Waals surface area contributed by atoms with Crippen LogP contribution in [0.2, 0.25) is 0 Å². The summed E-state index contributed by atoms with van der Waals surface area (Å²) >= 11 is 3.45. The minimum absolute atomic E-state index is 0.306. The third-order valence-corrected chi connectivity index (χ3v) is 4.98. The molecule has 0 bridgehead atoms. The molecule has 0 aliphatic heterocycles. The second-order valence-electron chi connectivity index (χ2n) is 6.42. The monoisotopic (exact) mass is 463 g/mol. The first-order valence-corrected chi connectivity index (χ1v) is 9.99. The maximum absolute atomic E-state index is 12.5. The molecule has 0 aliphatic carbocycles. The number of benzene rings is 2. The van der Waals surface area contributed by atoms with E-state index < -0.39 is 6.09 Å². The molecule has 0 N–H and O–H groups in total. The molecule has 0 atom stereocenters. The Kier molecular flexibility index (Phi) is 6.56. The van der Waals surface area contributed by atoms with Gasteiger partial charge in [0, 0.05) is 21.6 Å². The molecule has 3 rings (SSSR count). The molecule has 30 heavy (non-hydrogen) atoms. The molecule has 0 amide bonds. The zero-order valence-corrected chi connectivity index (χ0v) is 18.1. The standard InChI is InChI=1S/C23H18BrN3O3/c1-3-8-30-23(28)27-14-21(20-11-18(24)5-7-22(20)27)17(13-26)9-16-10-19(29-2)6-4-15(16)12-25/h4-7,9-11,14H,3,8H2,1-2H3/b17-9+. The molecule has 0 fully saturated rings. The van der Waals surface area contributed by atoms with E-state index in [-0.39, 0.29) is 0 Å². The average Bonchev–Trinajstić information content (AvgIpc) is 3.14. The average molecular weight is 464 g/mol. The van der Waals surface area contributed by atoms with Gasteiger partial charge in [0.05, 0.1) is 42.5 Å². The van der Waals surface area contributed by atoms with Gasteiger partial charge in [0.1, 0.15) is 5.75 Å². The molecular weight excluding hydrogens is 446 g/mol. The summed E-state index contributed by atoms with van der Waals surface area (Å²) in [5.41, 5.74) is 2.47. The molecule has 0 saturated carbocycles. The van der Waals surface area contributed by atoms with E-state index >= 15 is 0 Å². The number of fused-ring (bicyclic) bond motifs is 1. The Balaban J connectivity index is 2.21. The quantitative estimate of drug-likeness (QED) is 0.449. The molecule has 6 nitrogen and oxygen atoms in total. The number of rotatable bonds is 5. The van der Waals surface area contributed by atoms with E-state index in [9.17, 15) is 15.3 Å². The lowest BCUT2D eigenvalue weighted by Gasteiger charge is -2.04. The van der Waals surface area contributed by atoms with Gasteiger partial charge in [-0.3, -0.25) is 4.57 Å². The lowest BCUT2D eigenvalue weighted by Crippen LogP contribution is -2.12. The van der Waals surface area contributed by atoms with Crippen molar-refractivity contribution in [2.45, 2.75) is 13.3 Å². The van der Waals surface area contributed by atoms with Gasteiger partial charge >= 0.3 is 6.09 Å². The highest BCUT2D eigenvalue weighted by molar-refractivity contribution is 9.10. The topological polar surface area (TPSA) is 88.0 Å². The number of halogens is 1. The van der Waals surface area contributed by atoms with Crippen LogP contribution in [0.15, 0.2) is 47.1 Å². The number of allylic oxidation sites excluding steroid dienone is 1. The molecule has 0 radical (unpaired) electrons. The summed E-state index contributed by atoms with van der Waals surface area (Å²) in [4.78, 5) is 12.5. The van der Waals surface area contributed by atoms with Crippen LogP contribution in [0.5, 0.6) is 5.75 Å². The number of methoxy groups -OCH3 is 1. The van der Waals surface area contributed by atoms with Gasteiger partial charge in [-0.15, -0.1) is 0 Å². The number of nitrogens with zero attached hydrogens (tertiary/aromatic N) is 3. The third-order valence-electron chi connectivity index (χ3n) is 4.48. The van der Waals surface area contributed by atoms with Crippen molar-refractivity contribution < 1.29 is 14.3 Å². The van der Waals surface area contributed by atoms with Crippen molar-refractivity contribution in [1.82, 2.24) is 4.57 Å². The molecule has 3 aromatic rings. The summed E-state index contributed by atoms with van der Waals surface area (Å²) in [6.45, 7) is 2.22. The predicted molar refractivity (Wildman–Crippen MR) is 118 cm³/mol. The fourth-order valence-corrected chi connectivity index (χ4v) is 3.40. The SMILES string of the molecule is CCCOC(=O)n1cc(/C(C#N)=C/c2cc(OC)ccc2C#N)c2cc(Br)ccc21. The lowest BCUT2D eigenvalue weighted by atomic mass is 10.0. The normalized spacial score (nSPS) is 11.0. The predicted octanol–water partition coefficient (Wildman–Crippen LogP) is 5.74. The van der Waals surface area contributed by atoms with Crippen LogP contribution in [0.3, 0.4) is 0 Å². The Bertz CT molecular complexity index is 1230. The Labute approximate surface area is 182 Å². The Morgan fingerprint density at radius 2 is 2.03 bits per heavy atom. The van der Waals surface area contributed by atoms with Crippen LogP contribution in [0.4, 0.5) is 4.79 Å². The first-order valence-electron chi connectivity index (χ1n) is 9.20. The number of hydrogen-bond acceptors (Lipinski definition) is 5. The molecule has 0 spiro atoms. The van der Waals surface area contributed by atoms with Crippen LogP contribution in [0, 0.1) is 22.7 Å². The molecule has 0 saturated heterocycles. The van der Waals surface area contributed by atoms with Gasteiger partial charge in [0.2, 0.25) is 0 Å². The van der Waals surface area contributed by atoms with E-state index in [4.69, 9.17) is 9.47 Å². The minimum Gasteiger partial charge on any atom is -0.497 e. The molecule has 150 valence electrons. The summed E-state index contributed by atoms with van der Waals surface area (Å²) in [5, 5.41) is 20.0. The van der Waals surface area contributed by atoms with Crippen molar-refractivity contribution in [3.63, 3.8) is 0 Å². The number of aromatic nitrogens is 1. The zero-order chi connectivity index (χ0) is 21.7. The first-order chi connectivity index (χ1) is 14.5. The van der Waals surface area contributed by atoms with E-state index in [1.807, 2.05) is 19.1 Å². The second-order valence-corrected chi connectivity index (χ2v) is 7.34. The lowest BCUT2D eigenvalue weighted by molar-refractivity contribution is 0.149. The number of carbonyl (C=O) groups excluding carboxylic acids is 1. The smallest absolute Gasteiger partial charge is 0.418 e. The molecular formula is C23H18BrN3O3. The molecule has 1 aromatic heterocycles. The van der Waals surface area contributed by atoms with Crippen LogP contribution in [-0.4, -0.2) is 24.4 Å². The fraction of sp³-hybridized carbons (Fsp3) is 0.174. The maximum atomic E-state index is 12.5. The molecule has 7 heteroatoms. The third kappa shape index (κ3) is 4.22. The number of carbonyl (C=O) groups is 1. The van der Waals surface area contributed by atoms with E-state index in [2.05, 4.69) is 28.1 Å². The van der Waals surface area contributed by atoms with Crippen molar-refractivity contribution in [2.75, 3.05) is 13.7 Å². The molecule has 2 aromatic carbocycles. The highest BCUT2D eigenvalue weighted by Crippen LogP contribution is 2.32. The maximum Gasteiger partial charge on any atom is 0.418 e. The van der Waals surface area contributed by atoms with E-state index in [1.54, 1.807) is 36.5 Å². The largest absolute Gasteiger partial charge is 0.497 e. The minimum atomic E-state index is -0.508. The number of nitriles is 2. The van der Waals surface area contributed by atoms with E-state index in [0.29, 0.717) is 51.9 Å². The zero-order valence-electron chi connectivity index (χ0n) is 16.5. The van der Waals surface area contributed by atoms with Gasteiger partial charge in [-0.2, -0.15) is 10.5 Å². The van der Waals surface area contributed by atoms with E-state index in [0.717, 1.165) is 4.47 Å². The van der Waals surface area contributed by atoms with Crippen LogP contribution in [0.25, 0.3) is 22.6 Å². The Morgan fingerprint density at radius 3 is 2.70 bits per heavy atom. The van der Waals surface area contributed by atoms with Gasteiger partial charge < -0.3 is 9.47 Å². The first kappa shape index (κ1) is 21.2. The van der Waals surface area contributed by atoms with Crippen molar-refractivity contribution >= 4 is 44.6 Å². The van der Waals surface area contributed by atoms with Crippen molar-refractivity contribution in [1.29, 1.82) is 10.5 Å².